The fraction of sp³-hybridized carbons (Fsp3) is 0.484. The lowest BCUT2D eigenvalue weighted by Gasteiger charge is -2.31. The quantitative estimate of drug-likeness (QED) is 0.259. The van der Waals surface area contributed by atoms with Crippen molar-refractivity contribution in [2.45, 2.75) is 84.0 Å². The predicted octanol–water partition coefficient (Wildman–Crippen LogP) is 4.19. The lowest BCUT2D eigenvalue weighted by Crippen LogP contribution is -2.56. The number of nitro benzene ring substituents is 1. The van der Waals surface area contributed by atoms with E-state index < -0.39 is 46.6 Å². The second-order valence-corrected chi connectivity index (χ2v) is 12.1. The summed E-state index contributed by atoms with van der Waals surface area (Å²) in [6.07, 6.45) is 0.820. The molecule has 2 aromatic carbocycles. The fourth-order valence-corrected chi connectivity index (χ4v) is 4.87. The summed E-state index contributed by atoms with van der Waals surface area (Å²) >= 11 is 0. The van der Waals surface area contributed by atoms with Crippen LogP contribution in [0.5, 0.6) is 0 Å². The van der Waals surface area contributed by atoms with Crippen molar-refractivity contribution in [3.63, 3.8) is 0 Å². The van der Waals surface area contributed by atoms with E-state index in [1.54, 1.807) is 20.8 Å². The van der Waals surface area contributed by atoms with Gasteiger partial charge in [0.2, 0.25) is 17.7 Å². The maximum Gasteiger partial charge on any atom is 0.408 e. The van der Waals surface area contributed by atoms with Crippen LogP contribution in [0.25, 0.3) is 0 Å². The van der Waals surface area contributed by atoms with Crippen molar-refractivity contribution in [2.24, 2.45) is 5.92 Å². The Kier molecular flexibility index (Phi) is 11.2. The minimum absolute atomic E-state index is 0.0807. The van der Waals surface area contributed by atoms with Crippen LogP contribution in [0.4, 0.5) is 16.2 Å². The summed E-state index contributed by atoms with van der Waals surface area (Å²) in [6, 6.07) is 11.9. The van der Waals surface area contributed by atoms with Crippen LogP contribution in [-0.4, -0.2) is 63.9 Å². The summed E-state index contributed by atoms with van der Waals surface area (Å²) in [5, 5.41) is 19.2. The number of amides is 4. The molecule has 1 heterocycles. The summed E-state index contributed by atoms with van der Waals surface area (Å²) in [6.45, 7) is 9.40. The molecule has 232 valence electrons. The van der Waals surface area contributed by atoms with E-state index >= 15 is 0 Å². The number of benzene rings is 2. The van der Waals surface area contributed by atoms with E-state index in [0.717, 1.165) is 5.56 Å². The van der Waals surface area contributed by atoms with Crippen LogP contribution in [0.2, 0.25) is 0 Å². The number of hydrogen-bond donors (Lipinski definition) is 3. The number of nitrogens with zero attached hydrogens (tertiary/aromatic N) is 2. The van der Waals surface area contributed by atoms with E-state index in [9.17, 15) is 29.3 Å². The molecule has 12 heteroatoms. The highest BCUT2D eigenvalue weighted by atomic mass is 16.6. The van der Waals surface area contributed by atoms with Gasteiger partial charge in [-0.1, -0.05) is 44.2 Å². The fourth-order valence-electron chi connectivity index (χ4n) is 4.87. The SMILES string of the molecule is CC(C)C[C@H](NC(=O)OC(C)(C)C)C(=O)N1CCC[C@H]1C(=O)N[C@@H](Cc1ccccc1)C(=O)Nc1ccc([N+](=O)[O-])cc1. The van der Waals surface area contributed by atoms with Gasteiger partial charge in [0.1, 0.15) is 23.7 Å². The Morgan fingerprint density at radius 1 is 1.00 bits per heavy atom. The van der Waals surface area contributed by atoms with Gasteiger partial charge < -0.3 is 25.6 Å². The average molecular weight is 596 g/mol. The summed E-state index contributed by atoms with van der Waals surface area (Å²) in [7, 11) is 0. The molecule has 12 nitrogen and oxygen atoms in total. The second kappa shape index (κ2) is 14.6. The van der Waals surface area contributed by atoms with Crippen molar-refractivity contribution in [3.8, 4) is 0 Å². The third-order valence-electron chi connectivity index (χ3n) is 6.80. The molecular formula is C31H41N5O7. The van der Waals surface area contributed by atoms with Gasteiger partial charge >= 0.3 is 6.09 Å². The highest BCUT2D eigenvalue weighted by Crippen LogP contribution is 2.22. The van der Waals surface area contributed by atoms with Crippen molar-refractivity contribution in [2.75, 3.05) is 11.9 Å². The number of nitrogens with one attached hydrogen (secondary N) is 3. The first kappa shape index (κ1) is 33.0. The topological polar surface area (TPSA) is 160 Å². The number of ether oxygens (including phenoxy) is 1. The monoisotopic (exact) mass is 595 g/mol. The van der Waals surface area contributed by atoms with E-state index in [-0.39, 0.29) is 23.9 Å². The molecule has 4 amide bonds. The minimum atomic E-state index is -0.992. The van der Waals surface area contributed by atoms with Gasteiger partial charge in [-0.3, -0.25) is 24.5 Å². The Morgan fingerprint density at radius 2 is 1.65 bits per heavy atom. The first-order valence-electron chi connectivity index (χ1n) is 14.4. The van der Waals surface area contributed by atoms with Crippen LogP contribution in [0.15, 0.2) is 54.6 Å². The molecule has 1 aliphatic rings. The number of hydrogen-bond acceptors (Lipinski definition) is 7. The maximum atomic E-state index is 13.7. The van der Waals surface area contributed by atoms with Gasteiger partial charge in [0.25, 0.3) is 5.69 Å². The van der Waals surface area contributed by atoms with Crippen molar-refractivity contribution < 1.29 is 28.8 Å². The van der Waals surface area contributed by atoms with E-state index in [1.165, 1.54) is 29.2 Å². The summed E-state index contributed by atoms with van der Waals surface area (Å²) in [4.78, 5) is 65.1. The minimum Gasteiger partial charge on any atom is -0.444 e. The number of carbonyl (C=O) groups is 4. The number of alkyl carbamates (subject to hydrolysis) is 1. The van der Waals surface area contributed by atoms with Gasteiger partial charge in [0, 0.05) is 30.8 Å². The molecule has 0 spiro atoms. The van der Waals surface area contributed by atoms with Crippen molar-refractivity contribution >= 4 is 35.2 Å². The summed E-state index contributed by atoms with van der Waals surface area (Å²) in [5.41, 5.74) is 0.291. The van der Waals surface area contributed by atoms with Crippen LogP contribution in [0.1, 0.15) is 59.4 Å². The molecule has 3 atom stereocenters. The zero-order valence-corrected chi connectivity index (χ0v) is 25.3. The lowest BCUT2D eigenvalue weighted by atomic mass is 10.0. The molecule has 1 aliphatic heterocycles. The molecule has 43 heavy (non-hydrogen) atoms. The first-order chi connectivity index (χ1) is 20.2. The van der Waals surface area contributed by atoms with E-state index in [0.29, 0.717) is 31.5 Å². The van der Waals surface area contributed by atoms with Crippen LogP contribution in [-0.2, 0) is 25.5 Å². The third kappa shape index (κ3) is 10.1. The Labute approximate surface area is 251 Å². The third-order valence-corrected chi connectivity index (χ3v) is 6.80. The molecule has 0 aromatic heterocycles. The Balaban J connectivity index is 1.77. The van der Waals surface area contributed by atoms with Gasteiger partial charge in [-0.25, -0.2) is 4.79 Å². The van der Waals surface area contributed by atoms with Crippen molar-refractivity contribution in [3.05, 3.63) is 70.3 Å². The smallest absolute Gasteiger partial charge is 0.408 e. The van der Waals surface area contributed by atoms with E-state index in [1.807, 2.05) is 44.2 Å². The predicted molar refractivity (Wildman–Crippen MR) is 161 cm³/mol. The lowest BCUT2D eigenvalue weighted by molar-refractivity contribution is -0.384. The van der Waals surface area contributed by atoms with E-state index in [2.05, 4.69) is 16.0 Å². The highest BCUT2D eigenvalue weighted by molar-refractivity contribution is 5.99. The molecule has 1 saturated heterocycles. The number of anilines is 1. The molecule has 2 aromatic rings. The second-order valence-electron chi connectivity index (χ2n) is 12.1. The van der Waals surface area contributed by atoms with Gasteiger partial charge in [-0.05, 0) is 63.6 Å². The Morgan fingerprint density at radius 3 is 2.23 bits per heavy atom. The maximum absolute atomic E-state index is 13.7. The van der Waals surface area contributed by atoms with E-state index in [4.69, 9.17) is 4.74 Å². The number of rotatable bonds is 11. The number of likely N-dealkylation sites (tertiary alicyclic amines) is 1. The molecule has 3 N–H and O–H groups in total. The Bertz CT molecular complexity index is 1290. The zero-order chi connectivity index (χ0) is 31.7. The molecule has 0 saturated carbocycles. The van der Waals surface area contributed by atoms with Gasteiger partial charge in [0.15, 0.2) is 0 Å². The van der Waals surface area contributed by atoms with Crippen LogP contribution >= 0.6 is 0 Å². The van der Waals surface area contributed by atoms with Crippen LogP contribution in [0.3, 0.4) is 0 Å². The molecule has 0 unspecified atom stereocenters. The number of non-ortho nitro benzene ring substituents is 1. The molecule has 0 bridgehead atoms. The van der Waals surface area contributed by atoms with Crippen molar-refractivity contribution in [1.29, 1.82) is 0 Å². The molecule has 3 rings (SSSR count). The van der Waals surface area contributed by atoms with Gasteiger partial charge in [-0.2, -0.15) is 0 Å². The molecule has 1 fully saturated rings. The normalized spacial score (nSPS) is 16.2. The van der Waals surface area contributed by atoms with Crippen LogP contribution in [0, 0.1) is 16.0 Å². The standard InChI is InChI=1S/C31H41N5O7/c1-20(2)18-25(34-30(40)43-31(3,4)5)29(39)35-17-9-12-26(35)28(38)33-24(19-21-10-7-6-8-11-21)27(37)32-22-13-15-23(16-14-22)36(41)42/h6-8,10-11,13-16,20,24-26H,9,12,17-19H2,1-5H3,(H,32,37)(H,33,38)(H,34,40)/t24-,25-,26-/m0/s1. The first-order valence-corrected chi connectivity index (χ1v) is 14.4. The highest BCUT2D eigenvalue weighted by Gasteiger charge is 2.39. The molecule has 0 radical (unpaired) electrons. The van der Waals surface area contributed by atoms with Gasteiger partial charge in [-0.15, -0.1) is 0 Å². The van der Waals surface area contributed by atoms with Gasteiger partial charge in [0.05, 0.1) is 4.92 Å². The Hall–Kier alpha value is -4.48. The largest absolute Gasteiger partial charge is 0.444 e. The zero-order valence-electron chi connectivity index (χ0n) is 25.3. The number of carbonyl (C=O) groups excluding carboxylic acids is 4. The summed E-state index contributed by atoms with van der Waals surface area (Å²) < 4.78 is 5.36. The average Bonchev–Trinajstić information content (AvgIpc) is 3.42. The van der Waals surface area contributed by atoms with Crippen LogP contribution < -0.4 is 16.0 Å². The summed E-state index contributed by atoms with van der Waals surface area (Å²) in [5.74, 6) is -1.29. The number of nitro groups is 1. The molecular weight excluding hydrogens is 554 g/mol. The van der Waals surface area contributed by atoms with Crippen molar-refractivity contribution in [1.82, 2.24) is 15.5 Å². The molecule has 0 aliphatic carbocycles.